The maximum atomic E-state index is 11.8. The lowest BCUT2D eigenvalue weighted by atomic mass is 10.1. The number of amides is 1. The van der Waals surface area contributed by atoms with Crippen molar-refractivity contribution in [2.45, 2.75) is 45.8 Å². The number of ether oxygens (including phenoxy) is 2. The Morgan fingerprint density at radius 3 is 2.95 bits per heavy atom. The van der Waals surface area contributed by atoms with E-state index in [0.717, 1.165) is 36.3 Å². The molecule has 0 aromatic heterocycles. The van der Waals surface area contributed by atoms with Gasteiger partial charge in [0.15, 0.2) is 0 Å². The van der Waals surface area contributed by atoms with Crippen LogP contribution in [0, 0.1) is 5.92 Å². The van der Waals surface area contributed by atoms with E-state index >= 15 is 0 Å². The van der Waals surface area contributed by atoms with Gasteiger partial charge in [-0.05, 0) is 38.8 Å². The summed E-state index contributed by atoms with van der Waals surface area (Å²) in [7, 11) is 0. The van der Waals surface area contributed by atoms with E-state index in [0.29, 0.717) is 13.2 Å². The van der Waals surface area contributed by atoms with Crippen molar-refractivity contribution >= 4 is 5.91 Å². The van der Waals surface area contributed by atoms with Gasteiger partial charge in [0.05, 0.1) is 6.61 Å². The molecule has 20 heavy (non-hydrogen) atoms. The van der Waals surface area contributed by atoms with Crippen LogP contribution in [-0.2, 0) is 17.8 Å². The van der Waals surface area contributed by atoms with Crippen molar-refractivity contribution in [1.82, 2.24) is 5.32 Å². The third-order valence-corrected chi connectivity index (χ3v) is 3.78. The van der Waals surface area contributed by atoms with Crippen LogP contribution in [-0.4, -0.2) is 18.6 Å². The topological polar surface area (TPSA) is 47.6 Å². The summed E-state index contributed by atoms with van der Waals surface area (Å²) in [6.45, 7) is 5.17. The van der Waals surface area contributed by atoms with E-state index in [4.69, 9.17) is 9.47 Å². The highest BCUT2D eigenvalue weighted by atomic mass is 16.5. The Morgan fingerprint density at radius 2 is 2.25 bits per heavy atom. The molecule has 1 aliphatic carbocycles. The lowest BCUT2D eigenvalue weighted by molar-refractivity contribution is -0.122. The van der Waals surface area contributed by atoms with Gasteiger partial charge in [0.2, 0.25) is 5.91 Å². The van der Waals surface area contributed by atoms with Crippen LogP contribution in [0.1, 0.15) is 37.8 Å². The molecule has 1 aromatic carbocycles. The van der Waals surface area contributed by atoms with Gasteiger partial charge < -0.3 is 14.8 Å². The van der Waals surface area contributed by atoms with Crippen LogP contribution in [0.25, 0.3) is 0 Å². The summed E-state index contributed by atoms with van der Waals surface area (Å²) in [5.41, 5.74) is 2.19. The molecule has 0 bridgehead atoms. The Bertz CT molecular complexity index is 523. The molecule has 1 atom stereocenters. The molecule has 0 radical (unpaired) electrons. The number of nitrogens with one attached hydrogen (secondary N) is 1. The molecule has 0 saturated heterocycles. The predicted octanol–water partition coefficient (Wildman–Crippen LogP) is 2.43. The van der Waals surface area contributed by atoms with Crippen molar-refractivity contribution < 1.29 is 14.3 Å². The summed E-state index contributed by atoms with van der Waals surface area (Å²) in [5, 5.41) is 2.99. The van der Waals surface area contributed by atoms with Crippen molar-refractivity contribution in [2.75, 3.05) is 6.61 Å². The molecule has 1 N–H and O–H groups in total. The quantitative estimate of drug-likeness (QED) is 0.898. The number of fused-ring (bicyclic) bond motifs is 1. The van der Waals surface area contributed by atoms with Gasteiger partial charge in [-0.1, -0.05) is 0 Å². The first-order valence-electron chi connectivity index (χ1n) is 7.40. The van der Waals surface area contributed by atoms with E-state index < -0.39 is 0 Å². The number of carbonyl (C=O) groups excluding carboxylic acids is 1. The van der Waals surface area contributed by atoms with Crippen molar-refractivity contribution in [3.63, 3.8) is 0 Å². The Hall–Kier alpha value is -1.71. The Kier molecular flexibility index (Phi) is 3.55. The molecule has 1 fully saturated rings. The lowest BCUT2D eigenvalue weighted by Crippen LogP contribution is -2.24. The van der Waals surface area contributed by atoms with Crippen molar-refractivity contribution in [1.29, 1.82) is 0 Å². The van der Waals surface area contributed by atoms with E-state index in [9.17, 15) is 4.79 Å². The molecule has 1 saturated carbocycles. The van der Waals surface area contributed by atoms with E-state index in [1.165, 1.54) is 5.56 Å². The fraction of sp³-hybridized carbons (Fsp3) is 0.562. The van der Waals surface area contributed by atoms with Crippen LogP contribution in [0.2, 0.25) is 0 Å². The molecular formula is C16H21NO3. The standard InChI is InChI=1S/C16H21NO3/c1-3-19-14-7-12-6-10(2)20-15(12)8-13(14)9-17-16(18)11-4-5-11/h7-8,10-11H,3-6,9H2,1-2H3,(H,17,18)/t10-/m0/s1. The Morgan fingerprint density at radius 1 is 1.45 bits per heavy atom. The van der Waals surface area contributed by atoms with Gasteiger partial charge in [-0.2, -0.15) is 0 Å². The number of hydrogen-bond acceptors (Lipinski definition) is 3. The van der Waals surface area contributed by atoms with Crippen LogP contribution < -0.4 is 14.8 Å². The largest absolute Gasteiger partial charge is 0.494 e. The molecule has 1 amide bonds. The highest BCUT2D eigenvalue weighted by Crippen LogP contribution is 2.35. The van der Waals surface area contributed by atoms with Gasteiger partial charge in [0, 0.05) is 30.0 Å². The fourth-order valence-electron chi connectivity index (χ4n) is 2.58. The summed E-state index contributed by atoms with van der Waals surface area (Å²) in [5.74, 6) is 2.18. The molecule has 1 heterocycles. The first-order valence-corrected chi connectivity index (χ1v) is 7.40. The zero-order valence-electron chi connectivity index (χ0n) is 12.1. The van der Waals surface area contributed by atoms with E-state index in [1.54, 1.807) is 0 Å². The van der Waals surface area contributed by atoms with Crippen LogP contribution in [0.15, 0.2) is 12.1 Å². The van der Waals surface area contributed by atoms with Crippen molar-refractivity contribution in [3.8, 4) is 11.5 Å². The van der Waals surface area contributed by atoms with Gasteiger partial charge in [0.1, 0.15) is 17.6 Å². The zero-order chi connectivity index (χ0) is 14.1. The maximum Gasteiger partial charge on any atom is 0.223 e. The van der Waals surface area contributed by atoms with Gasteiger partial charge in [-0.3, -0.25) is 4.79 Å². The molecule has 2 aliphatic rings. The number of rotatable bonds is 5. The first kappa shape index (κ1) is 13.3. The second-order valence-corrected chi connectivity index (χ2v) is 5.63. The number of hydrogen-bond donors (Lipinski definition) is 1. The first-order chi connectivity index (χ1) is 9.67. The van der Waals surface area contributed by atoms with E-state index in [2.05, 4.69) is 18.3 Å². The molecule has 0 spiro atoms. The van der Waals surface area contributed by atoms with Crippen molar-refractivity contribution in [2.24, 2.45) is 5.92 Å². The summed E-state index contributed by atoms with van der Waals surface area (Å²) in [4.78, 5) is 11.8. The van der Waals surface area contributed by atoms with Gasteiger partial charge >= 0.3 is 0 Å². The zero-order valence-corrected chi connectivity index (χ0v) is 12.1. The molecule has 4 nitrogen and oxygen atoms in total. The minimum atomic E-state index is 0.155. The molecule has 1 aliphatic heterocycles. The Labute approximate surface area is 119 Å². The SMILES string of the molecule is CCOc1cc2c(cc1CNC(=O)C1CC1)O[C@@H](C)C2. The summed E-state index contributed by atoms with van der Waals surface area (Å²) >= 11 is 0. The summed E-state index contributed by atoms with van der Waals surface area (Å²) in [6, 6.07) is 4.07. The predicted molar refractivity (Wildman–Crippen MR) is 76.0 cm³/mol. The van der Waals surface area contributed by atoms with Crippen LogP contribution in [0.5, 0.6) is 11.5 Å². The highest BCUT2D eigenvalue weighted by Gasteiger charge is 2.29. The normalized spacial score (nSPS) is 20.2. The maximum absolute atomic E-state index is 11.8. The minimum Gasteiger partial charge on any atom is -0.494 e. The highest BCUT2D eigenvalue weighted by molar-refractivity contribution is 5.80. The number of benzene rings is 1. The van der Waals surface area contributed by atoms with Gasteiger partial charge in [0.25, 0.3) is 0 Å². The average Bonchev–Trinajstić information content (AvgIpc) is 3.19. The summed E-state index contributed by atoms with van der Waals surface area (Å²) in [6.07, 6.45) is 3.18. The molecule has 4 heteroatoms. The van der Waals surface area contributed by atoms with Crippen LogP contribution >= 0.6 is 0 Å². The molecule has 3 rings (SSSR count). The Balaban J connectivity index is 1.76. The third-order valence-electron chi connectivity index (χ3n) is 3.78. The molecule has 108 valence electrons. The molecule has 1 aromatic rings. The van der Waals surface area contributed by atoms with Crippen LogP contribution in [0.3, 0.4) is 0 Å². The monoisotopic (exact) mass is 275 g/mol. The van der Waals surface area contributed by atoms with Crippen molar-refractivity contribution in [3.05, 3.63) is 23.3 Å². The average molecular weight is 275 g/mol. The lowest BCUT2D eigenvalue weighted by Gasteiger charge is -2.13. The molecule has 0 unspecified atom stereocenters. The van der Waals surface area contributed by atoms with E-state index in [-0.39, 0.29) is 17.9 Å². The molecular weight excluding hydrogens is 254 g/mol. The fourth-order valence-corrected chi connectivity index (χ4v) is 2.58. The minimum absolute atomic E-state index is 0.155. The number of carbonyl (C=O) groups is 1. The second kappa shape index (κ2) is 5.35. The van der Waals surface area contributed by atoms with E-state index in [1.807, 2.05) is 13.0 Å². The second-order valence-electron chi connectivity index (χ2n) is 5.63. The smallest absolute Gasteiger partial charge is 0.223 e. The summed E-state index contributed by atoms with van der Waals surface area (Å²) < 4.78 is 11.5. The van der Waals surface area contributed by atoms with Gasteiger partial charge in [-0.25, -0.2) is 0 Å². The third kappa shape index (κ3) is 2.74. The van der Waals surface area contributed by atoms with Gasteiger partial charge in [-0.15, -0.1) is 0 Å². The van der Waals surface area contributed by atoms with Crippen LogP contribution in [0.4, 0.5) is 0 Å².